The Labute approximate surface area is 236 Å². The average Bonchev–Trinajstić information content (AvgIpc) is 3.64. The molecule has 0 saturated carbocycles. The molecule has 1 saturated heterocycles. The zero-order valence-corrected chi connectivity index (χ0v) is 22.6. The number of piperidine rings is 1. The number of fused-ring (bicyclic) bond motifs is 1. The van der Waals surface area contributed by atoms with Gasteiger partial charge in [-0.3, -0.25) is 15.0 Å². The van der Waals surface area contributed by atoms with Crippen LogP contribution in [0.15, 0.2) is 79.1 Å². The minimum absolute atomic E-state index is 0.292. The lowest BCUT2D eigenvalue weighted by Crippen LogP contribution is -2.32. The monoisotopic (exact) mass is 545 g/mol. The second-order valence-corrected chi connectivity index (χ2v) is 10.4. The minimum Gasteiger partial charge on any atom is -0.299 e. The third kappa shape index (κ3) is 5.21. The number of nitrogens with zero attached hydrogens (tertiary/aromatic N) is 8. The maximum Gasteiger partial charge on any atom is 0.252 e. The first-order valence-electron chi connectivity index (χ1n) is 13.7. The average molecular weight is 546 g/mol. The van der Waals surface area contributed by atoms with E-state index in [-0.39, 0.29) is 5.82 Å². The van der Waals surface area contributed by atoms with Gasteiger partial charge in [-0.05, 0) is 68.2 Å². The van der Waals surface area contributed by atoms with Crippen LogP contribution >= 0.6 is 0 Å². The summed E-state index contributed by atoms with van der Waals surface area (Å²) in [5.41, 5.74) is 5.28. The SMILES string of the molecule is Cc1nc2nc(-c3ccc(CN4CCC(c5n[nH]c(-c6ccccn6)n5)CC4)cc3)c(-c3cccc(F)c3)cn2n1. The van der Waals surface area contributed by atoms with E-state index in [9.17, 15) is 4.39 Å². The second-order valence-electron chi connectivity index (χ2n) is 10.4. The Morgan fingerprint density at radius 2 is 1.78 bits per heavy atom. The molecule has 0 spiro atoms. The quantitative estimate of drug-likeness (QED) is 0.296. The van der Waals surface area contributed by atoms with E-state index in [1.807, 2.05) is 37.4 Å². The predicted octanol–water partition coefficient (Wildman–Crippen LogP) is 5.47. The van der Waals surface area contributed by atoms with Gasteiger partial charge in [0.1, 0.15) is 17.3 Å². The fourth-order valence-electron chi connectivity index (χ4n) is 5.46. The number of aromatic nitrogens is 8. The number of benzene rings is 2. The molecule has 0 radical (unpaired) electrons. The number of hydrogen-bond acceptors (Lipinski definition) is 7. The molecule has 9 nitrogen and oxygen atoms in total. The van der Waals surface area contributed by atoms with Gasteiger partial charge in [-0.15, -0.1) is 0 Å². The highest BCUT2D eigenvalue weighted by Gasteiger charge is 2.24. The van der Waals surface area contributed by atoms with Crippen molar-refractivity contribution >= 4 is 5.78 Å². The van der Waals surface area contributed by atoms with Gasteiger partial charge in [-0.25, -0.2) is 18.9 Å². The number of likely N-dealkylation sites (tertiary alicyclic amines) is 1. The summed E-state index contributed by atoms with van der Waals surface area (Å²) in [5.74, 6) is 2.79. The van der Waals surface area contributed by atoms with Gasteiger partial charge in [0.15, 0.2) is 11.6 Å². The number of rotatable bonds is 6. The maximum absolute atomic E-state index is 14.1. The summed E-state index contributed by atoms with van der Waals surface area (Å²) in [6.45, 7) is 4.66. The summed E-state index contributed by atoms with van der Waals surface area (Å²) in [6.07, 6.45) is 5.66. The van der Waals surface area contributed by atoms with Crippen LogP contribution in [0.5, 0.6) is 0 Å². The summed E-state index contributed by atoms with van der Waals surface area (Å²) in [4.78, 5) is 20.8. The molecule has 1 aliphatic rings. The number of aromatic amines is 1. The first-order chi connectivity index (χ1) is 20.1. The van der Waals surface area contributed by atoms with E-state index in [4.69, 9.17) is 9.97 Å². The molecule has 4 aromatic heterocycles. The van der Waals surface area contributed by atoms with E-state index in [0.29, 0.717) is 17.5 Å². The molecule has 204 valence electrons. The van der Waals surface area contributed by atoms with Crippen molar-refractivity contribution in [2.75, 3.05) is 13.1 Å². The van der Waals surface area contributed by atoms with Crippen LogP contribution in [0, 0.1) is 12.7 Å². The molecule has 1 fully saturated rings. The van der Waals surface area contributed by atoms with Gasteiger partial charge in [0.25, 0.3) is 5.78 Å². The van der Waals surface area contributed by atoms with Crippen molar-refractivity contribution in [3.8, 4) is 33.9 Å². The smallest absolute Gasteiger partial charge is 0.252 e. The Morgan fingerprint density at radius 3 is 2.56 bits per heavy atom. The van der Waals surface area contributed by atoms with Crippen molar-refractivity contribution in [2.45, 2.75) is 32.2 Å². The van der Waals surface area contributed by atoms with Crippen LogP contribution < -0.4 is 0 Å². The summed E-state index contributed by atoms with van der Waals surface area (Å²) in [7, 11) is 0. The van der Waals surface area contributed by atoms with E-state index in [1.165, 1.54) is 17.7 Å². The third-order valence-corrected chi connectivity index (χ3v) is 7.57. The maximum atomic E-state index is 14.1. The second kappa shape index (κ2) is 10.6. The van der Waals surface area contributed by atoms with Crippen LogP contribution in [-0.2, 0) is 6.54 Å². The Kier molecular flexibility index (Phi) is 6.52. The summed E-state index contributed by atoms with van der Waals surface area (Å²) < 4.78 is 15.7. The molecule has 5 heterocycles. The van der Waals surface area contributed by atoms with Crippen molar-refractivity contribution in [3.63, 3.8) is 0 Å². The molecule has 0 aliphatic carbocycles. The largest absolute Gasteiger partial charge is 0.299 e. The Bertz CT molecular complexity index is 1800. The van der Waals surface area contributed by atoms with Crippen LogP contribution in [0.2, 0.25) is 0 Å². The minimum atomic E-state index is -0.292. The fraction of sp³-hybridized carbons (Fsp3) is 0.226. The summed E-state index contributed by atoms with van der Waals surface area (Å²) >= 11 is 0. The lowest BCUT2D eigenvalue weighted by molar-refractivity contribution is 0.202. The molecule has 0 amide bonds. The van der Waals surface area contributed by atoms with Gasteiger partial charge < -0.3 is 0 Å². The lowest BCUT2D eigenvalue weighted by atomic mass is 9.95. The van der Waals surface area contributed by atoms with Crippen molar-refractivity contribution in [3.05, 3.63) is 102 Å². The molecule has 7 rings (SSSR count). The molecule has 0 atom stereocenters. The highest BCUT2D eigenvalue weighted by Crippen LogP contribution is 2.32. The Balaban J connectivity index is 1.06. The molecule has 1 N–H and O–H groups in total. The van der Waals surface area contributed by atoms with Gasteiger partial charge in [0, 0.05) is 36.0 Å². The standard InChI is InChI=1S/C31H28FN9/c1-20-34-31-35-28(26(19-41(31)39-20)24-5-4-6-25(32)17-24)22-10-8-21(9-11-22)18-40-15-12-23(13-16-40)29-36-30(38-37-29)27-7-2-3-14-33-27/h2-11,14,17,19,23H,12-13,15-16,18H2,1H3,(H,36,37,38). The third-order valence-electron chi connectivity index (χ3n) is 7.57. The molecular formula is C31H28FN9. The zero-order chi connectivity index (χ0) is 27.8. The van der Waals surface area contributed by atoms with Crippen LogP contribution in [0.1, 0.15) is 36.0 Å². The number of aryl methyl sites for hydroxylation is 1. The highest BCUT2D eigenvalue weighted by atomic mass is 19.1. The fourth-order valence-corrected chi connectivity index (χ4v) is 5.46. The van der Waals surface area contributed by atoms with Crippen LogP contribution in [0.3, 0.4) is 0 Å². The van der Waals surface area contributed by atoms with Gasteiger partial charge in [-0.1, -0.05) is 42.5 Å². The molecule has 0 bridgehead atoms. The number of hydrogen-bond donors (Lipinski definition) is 1. The first kappa shape index (κ1) is 25.2. The van der Waals surface area contributed by atoms with Crippen LogP contribution in [-0.4, -0.2) is 57.7 Å². The Morgan fingerprint density at radius 1 is 0.927 bits per heavy atom. The van der Waals surface area contributed by atoms with Crippen molar-refractivity contribution in [1.82, 2.24) is 44.6 Å². The van der Waals surface area contributed by atoms with Gasteiger partial charge in [0.2, 0.25) is 0 Å². The van der Waals surface area contributed by atoms with E-state index in [0.717, 1.165) is 72.2 Å². The molecule has 41 heavy (non-hydrogen) atoms. The lowest BCUT2D eigenvalue weighted by Gasteiger charge is -2.30. The van der Waals surface area contributed by atoms with Crippen molar-refractivity contribution < 1.29 is 4.39 Å². The normalized spacial score (nSPS) is 14.6. The number of pyridine rings is 1. The molecule has 10 heteroatoms. The molecular weight excluding hydrogens is 517 g/mol. The Hall–Kier alpha value is -4.83. The van der Waals surface area contributed by atoms with Gasteiger partial charge in [0.05, 0.1) is 5.69 Å². The molecule has 2 aromatic carbocycles. The van der Waals surface area contributed by atoms with Gasteiger partial charge in [-0.2, -0.15) is 15.2 Å². The topological polar surface area (TPSA) is 101 Å². The van der Waals surface area contributed by atoms with Crippen molar-refractivity contribution in [2.24, 2.45) is 0 Å². The molecule has 1 aliphatic heterocycles. The van der Waals surface area contributed by atoms with Crippen LogP contribution in [0.4, 0.5) is 4.39 Å². The zero-order valence-electron chi connectivity index (χ0n) is 22.6. The number of nitrogens with one attached hydrogen (secondary N) is 1. The molecule has 6 aromatic rings. The van der Waals surface area contributed by atoms with E-state index in [1.54, 1.807) is 16.8 Å². The van der Waals surface area contributed by atoms with E-state index >= 15 is 0 Å². The van der Waals surface area contributed by atoms with E-state index in [2.05, 4.69) is 54.4 Å². The summed E-state index contributed by atoms with van der Waals surface area (Å²) in [5, 5.41) is 11.9. The highest BCUT2D eigenvalue weighted by molar-refractivity contribution is 5.81. The van der Waals surface area contributed by atoms with Crippen LogP contribution in [0.25, 0.3) is 39.7 Å². The number of halogens is 1. The van der Waals surface area contributed by atoms with Gasteiger partial charge >= 0.3 is 0 Å². The first-order valence-corrected chi connectivity index (χ1v) is 13.7. The summed E-state index contributed by atoms with van der Waals surface area (Å²) in [6, 6.07) is 20.8. The van der Waals surface area contributed by atoms with E-state index < -0.39 is 0 Å². The molecule has 0 unspecified atom stereocenters. The van der Waals surface area contributed by atoms with Crippen molar-refractivity contribution in [1.29, 1.82) is 0 Å². The number of H-pyrrole nitrogens is 1. The predicted molar refractivity (Wildman–Crippen MR) is 153 cm³/mol.